The van der Waals surface area contributed by atoms with Crippen LogP contribution in [0, 0.1) is 6.61 Å². The Balaban J connectivity index is -0.000000338. The van der Waals surface area contributed by atoms with Gasteiger partial charge in [-0.15, -0.1) is 0 Å². The Morgan fingerprint density at radius 1 is 1.13 bits per heavy atom. The van der Waals surface area contributed by atoms with Crippen LogP contribution in [0.2, 0.25) is 0 Å². The number of hydrogen-bond acceptors (Lipinski definition) is 5. The molecule has 1 atom stereocenters. The van der Waals surface area contributed by atoms with Crippen molar-refractivity contribution in [3.63, 3.8) is 0 Å². The Morgan fingerprint density at radius 2 is 1.70 bits per heavy atom. The normalized spacial score (nSPS) is 11.6. The van der Waals surface area contributed by atoms with Crippen molar-refractivity contribution in [3.8, 4) is 0 Å². The summed E-state index contributed by atoms with van der Waals surface area (Å²) in [6, 6.07) is 0. The fourth-order valence-corrected chi connectivity index (χ4v) is 1.90. The Hall–Kier alpha value is -0.190. The minimum absolute atomic E-state index is 0. The number of ether oxygens (including phenoxy) is 1. The van der Waals surface area contributed by atoms with E-state index in [2.05, 4.69) is 13.8 Å². The van der Waals surface area contributed by atoms with Crippen molar-refractivity contribution < 1.29 is 67.1 Å². The van der Waals surface area contributed by atoms with Crippen LogP contribution in [0.5, 0.6) is 0 Å². The predicted molar refractivity (Wildman–Crippen MR) is 79.9 cm³/mol. The minimum Gasteiger partial charge on any atom is -0.552 e. The second kappa shape index (κ2) is 16.7. The number of carboxylic acid groups (broad SMARTS) is 2. The molecule has 0 bridgehead atoms. The summed E-state index contributed by atoms with van der Waals surface area (Å²) in [5.74, 6) is -3.50. The molecule has 3 N–H and O–H groups in total. The molecule has 0 aromatic carbocycles. The van der Waals surface area contributed by atoms with Crippen molar-refractivity contribution in [2.45, 2.75) is 57.6 Å². The van der Waals surface area contributed by atoms with Gasteiger partial charge in [-0.3, -0.25) is 14.1 Å². The van der Waals surface area contributed by atoms with E-state index in [9.17, 15) is 18.0 Å². The molecule has 10 heteroatoms. The average molecular weight is 364 g/mol. The molecule has 23 heavy (non-hydrogen) atoms. The van der Waals surface area contributed by atoms with Gasteiger partial charge in [-0.2, -0.15) is 14.8 Å². The first-order chi connectivity index (χ1) is 10.2. The Morgan fingerprint density at radius 3 is 2.00 bits per heavy atom. The molecule has 0 saturated heterocycles. The van der Waals surface area contributed by atoms with E-state index in [0.717, 1.165) is 13.0 Å². The molecule has 0 heterocycles. The van der Waals surface area contributed by atoms with E-state index in [1.807, 2.05) is 6.61 Å². The molecule has 8 nitrogen and oxygen atoms in total. The van der Waals surface area contributed by atoms with Crippen molar-refractivity contribution in [3.05, 3.63) is 6.61 Å². The first kappa shape index (κ1) is 27.6. The van der Waals surface area contributed by atoms with Crippen molar-refractivity contribution in [1.29, 1.82) is 0 Å². The topological polar surface area (TPSA) is 138 Å². The van der Waals surface area contributed by atoms with E-state index >= 15 is 0 Å². The maximum atomic E-state index is 10.2. The maximum Gasteiger partial charge on any atom is 1.00 e. The molecule has 0 aromatic heterocycles. The van der Waals surface area contributed by atoms with Gasteiger partial charge in [0.1, 0.15) is 0 Å². The average Bonchev–Trinajstić information content (AvgIpc) is 2.39. The predicted octanol–water partition coefficient (Wildman–Crippen LogP) is -1.04. The fourth-order valence-electron chi connectivity index (χ4n) is 1.29. The van der Waals surface area contributed by atoms with Crippen molar-refractivity contribution in [2.75, 3.05) is 6.61 Å². The number of unbranched alkanes of at least 4 members (excludes halogenated alkanes) is 3. The summed E-state index contributed by atoms with van der Waals surface area (Å²) < 4.78 is 33.9. The summed E-state index contributed by atoms with van der Waals surface area (Å²) in [5.41, 5.74) is 0. The number of rotatable bonds is 11. The third kappa shape index (κ3) is 19.8. The van der Waals surface area contributed by atoms with Gasteiger partial charge in [-0.05, 0) is 6.42 Å². The van der Waals surface area contributed by atoms with Gasteiger partial charge >= 0.3 is 41.5 Å². The fraction of sp³-hybridized carbons (Fsp3) is 0.769. The van der Waals surface area contributed by atoms with Crippen molar-refractivity contribution in [2.24, 2.45) is 0 Å². The SMILES string of the molecule is CC[CH-]OCCCCCC.O=C(O)CC(C(=O)O)S(=O)(=O)O.[Na+]. The third-order valence-corrected chi connectivity index (χ3v) is 3.48. The first-order valence-corrected chi connectivity index (χ1v) is 8.51. The molecule has 0 radical (unpaired) electrons. The summed E-state index contributed by atoms with van der Waals surface area (Å²) >= 11 is 0. The van der Waals surface area contributed by atoms with Gasteiger partial charge in [-0.25, -0.2) is 6.61 Å². The standard InChI is InChI=1S/C9H19O.C4H6O7S.Na/c1-3-5-6-7-9-10-8-4-2;5-3(6)1-2(4(7)8)12(9,10)11;/h8H,3-7,9H2,1-2H3;2H,1H2,(H,5,6)(H,7,8)(H,9,10,11);/q-1;;+1. The van der Waals surface area contributed by atoms with E-state index in [0.29, 0.717) is 0 Å². The van der Waals surface area contributed by atoms with Gasteiger partial charge in [0.15, 0.2) is 5.25 Å². The molecule has 0 fully saturated rings. The number of aliphatic carboxylic acids is 2. The summed E-state index contributed by atoms with van der Waals surface area (Å²) in [6.07, 6.45) is 5.04. The molecular weight excluding hydrogens is 339 g/mol. The van der Waals surface area contributed by atoms with Crippen LogP contribution < -0.4 is 29.6 Å². The van der Waals surface area contributed by atoms with Crippen LogP contribution in [0.25, 0.3) is 0 Å². The van der Waals surface area contributed by atoms with E-state index in [1.54, 1.807) is 0 Å². The summed E-state index contributed by atoms with van der Waals surface area (Å²) in [7, 11) is -4.84. The van der Waals surface area contributed by atoms with Gasteiger partial charge in [0.05, 0.1) is 6.42 Å². The van der Waals surface area contributed by atoms with Gasteiger partial charge in [0.2, 0.25) is 0 Å². The molecule has 0 aromatic rings. The van der Waals surface area contributed by atoms with Crippen LogP contribution in [-0.4, -0.2) is 47.0 Å². The van der Waals surface area contributed by atoms with Gasteiger partial charge in [0, 0.05) is 6.61 Å². The van der Waals surface area contributed by atoms with Crippen LogP contribution in [0.15, 0.2) is 0 Å². The quantitative estimate of drug-likeness (QED) is 0.183. The van der Waals surface area contributed by atoms with E-state index in [-0.39, 0.29) is 29.6 Å². The Labute approximate surface area is 159 Å². The number of hydrogen-bond donors (Lipinski definition) is 3. The van der Waals surface area contributed by atoms with Crippen LogP contribution >= 0.6 is 0 Å². The van der Waals surface area contributed by atoms with Gasteiger partial charge < -0.3 is 14.9 Å². The largest absolute Gasteiger partial charge is 1.00 e. The number of carbonyl (C=O) groups is 2. The monoisotopic (exact) mass is 364 g/mol. The van der Waals surface area contributed by atoms with Crippen LogP contribution in [-0.2, 0) is 24.4 Å². The van der Waals surface area contributed by atoms with Gasteiger partial charge in [0.25, 0.3) is 10.1 Å². The maximum absolute atomic E-state index is 10.2. The minimum atomic E-state index is -4.84. The molecule has 132 valence electrons. The molecule has 0 rings (SSSR count). The van der Waals surface area contributed by atoms with Gasteiger partial charge in [-0.1, -0.05) is 33.1 Å². The van der Waals surface area contributed by atoms with E-state index in [4.69, 9.17) is 19.5 Å². The second-order valence-electron chi connectivity index (χ2n) is 4.45. The number of carboxylic acids is 2. The molecule has 1 unspecified atom stereocenters. The van der Waals surface area contributed by atoms with Crippen LogP contribution in [0.1, 0.15) is 52.4 Å². The Kier molecular flexibility index (Phi) is 20.0. The smallest absolute Gasteiger partial charge is 0.552 e. The zero-order valence-corrected chi connectivity index (χ0v) is 16.7. The summed E-state index contributed by atoms with van der Waals surface area (Å²) in [4.78, 5) is 20.0. The molecule has 0 amide bonds. The first-order valence-electron chi connectivity index (χ1n) is 7.00. The summed E-state index contributed by atoms with van der Waals surface area (Å²) in [5, 5.41) is 13.9. The van der Waals surface area contributed by atoms with Crippen LogP contribution in [0.4, 0.5) is 0 Å². The molecule has 0 aliphatic carbocycles. The zero-order chi connectivity index (χ0) is 17.6. The van der Waals surface area contributed by atoms with Crippen molar-refractivity contribution in [1.82, 2.24) is 0 Å². The van der Waals surface area contributed by atoms with Crippen LogP contribution in [0.3, 0.4) is 0 Å². The molecule has 0 aliphatic rings. The van der Waals surface area contributed by atoms with Crippen molar-refractivity contribution >= 4 is 22.1 Å². The Bertz CT molecular complexity index is 402. The van der Waals surface area contributed by atoms with E-state index < -0.39 is 33.7 Å². The molecule has 0 saturated carbocycles. The molecule has 0 aliphatic heterocycles. The molecular formula is C13H25NaO8S. The van der Waals surface area contributed by atoms with E-state index in [1.165, 1.54) is 25.7 Å². The third-order valence-electron chi connectivity index (χ3n) is 2.40. The zero-order valence-electron chi connectivity index (χ0n) is 13.9. The summed E-state index contributed by atoms with van der Waals surface area (Å²) in [6.45, 7) is 7.10. The second-order valence-corrected chi connectivity index (χ2v) is 6.05. The molecule has 0 spiro atoms.